The fraction of sp³-hybridized carbons (Fsp3) is 0. The lowest BCUT2D eigenvalue weighted by molar-refractivity contribution is 0.361. The van der Waals surface area contributed by atoms with E-state index in [0.717, 1.165) is 0 Å². The molecule has 0 amide bonds. The first-order valence-electron chi connectivity index (χ1n) is 3.18. The predicted molar refractivity (Wildman–Crippen MR) is 42.7 cm³/mol. The van der Waals surface area contributed by atoms with E-state index in [9.17, 15) is 26.2 Å². The van der Waals surface area contributed by atoms with Crippen LogP contribution in [0.1, 0.15) is 0 Å². The van der Waals surface area contributed by atoms with Gasteiger partial charge in [-0.1, -0.05) is 0 Å². The average Bonchev–Trinajstić information content (AvgIpc) is 2.24. The van der Waals surface area contributed by atoms with Gasteiger partial charge in [0.25, 0.3) is 0 Å². The van der Waals surface area contributed by atoms with E-state index in [2.05, 4.69) is 3.77 Å². The molecule has 9 heteroatoms. The van der Waals surface area contributed by atoms with Crippen molar-refractivity contribution in [3.63, 3.8) is 0 Å². The first-order valence-corrected chi connectivity index (χ1v) is 4.65. The van der Waals surface area contributed by atoms with Gasteiger partial charge in [-0.05, 0) is 0 Å². The first-order chi connectivity index (χ1) is 7.00. The molecule has 0 radical (unpaired) electrons. The maximum Gasteiger partial charge on any atom is 0.212 e. The summed E-state index contributed by atoms with van der Waals surface area (Å²) in [7, 11) is 0. The molecule has 15 heavy (non-hydrogen) atoms. The summed E-state index contributed by atoms with van der Waals surface area (Å²) in [6, 6.07) is 0. The zero-order chi connectivity index (χ0) is 11.6. The van der Waals surface area contributed by atoms with E-state index in [1.807, 2.05) is 0 Å². The topological polar surface area (TPSA) is 29.4 Å². The summed E-state index contributed by atoms with van der Waals surface area (Å²) < 4.78 is 75.8. The van der Waals surface area contributed by atoms with Gasteiger partial charge in [0.2, 0.25) is 17.3 Å². The molecule has 0 atom stereocenters. The lowest BCUT2D eigenvalue weighted by atomic mass is 10.3. The van der Waals surface area contributed by atoms with Crippen LogP contribution in [0, 0.1) is 29.1 Å². The molecular formula is C6F5NOS2. The third kappa shape index (κ3) is 2.17. The minimum Gasteiger partial charge on any atom is -0.202 e. The third-order valence-electron chi connectivity index (χ3n) is 1.33. The molecule has 0 unspecified atom stereocenters. The zero-order valence-corrected chi connectivity index (χ0v) is 8.19. The highest BCUT2D eigenvalue weighted by Gasteiger charge is 2.26. The van der Waals surface area contributed by atoms with Crippen LogP contribution >= 0.6 is 11.9 Å². The van der Waals surface area contributed by atoms with E-state index in [1.54, 1.807) is 0 Å². The van der Waals surface area contributed by atoms with Gasteiger partial charge in [-0.25, -0.2) is 22.0 Å². The van der Waals surface area contributed by atoms with Gasteiger partial charge < -0.3 is 0 Å². The van der Waals surface area contributed by atoms with Crippen molar-refractivity contribution in [2.75, 3.05) is 0 Å². The lowest BCUT2D eigenvalue weighted by Crippen LogP contribution is -2.02. The van der Waals surface area contributed by atoms with Gasteiger partial charge in [0.15, 0.2) is 23.3 Å². The highest BCUT2D eigenvalue weighted by Crippen LogP contribution is 2.30. The highest BCUT2D eigenvalue weighted by atomic mass is 32.2. The quantitative estimate of drug-likeness (QED) is 0.354. The van der Waals surface area contributed by atoms with Crippen LogP contribution in [0.25, 0.3) is 0 Å². The molecule has 1 rings (SSSR count). The Kier molecular flexibility index (Phi) is 3.80. The molecule has 1 aromatic carbocycles. The van der Waals surface area contributed by atoms with Gasteiger partial charge in [0.1, 0.15) is 4.90 Å². The van der Waals surface area contributed by atoms with Crippen molar-refractivity contribution < 1.29 is 26.2 Å². The summed E-state index contributed by atoms with van der Waals surface area (Å²) in [6.07, 6.45) is 0. The molecule has 0 fully saturated rings. The Labute approximate surface area is 87.9 Å². The third-order valence-corrected chi connectivity index (χ3v) is 2.41. The predicted octanol–water partition coefficient (Wildman–Crippen LogP) is 2.79. The number of nitrogens with zero attached hydrogens (tertiary/aromatic N) is 1. The molecule has 0 heterocycles. The van der Waals surface area contributed by atoms with Crippen LogP contribution in [0.2, 0.25) is 0 Å². The number of hydrogen-bond acceptors (Lipinski definition) is 3. The van der Waals surface area contributed by atoms with Crippen molar-refractivity contribution in [2.24, 2.45) is 3.77 Å². The summed E-state index contributed by atoms with van der Waals surface area (Å²) in [6.45, 7) is 0. The Balaban J connectivity index is 3.44. The molecule has 2 nitrogen and oxygen atoms in total. The van der Waals surface area contributed by atoms with E-state index in [-0.39, 0.29) is 11.9 Å². The minimum absolute atomic E-state index is 0.111. The number of halogens is 5. The second-order valence-corrected chi connectivity index (χ2v) is 3.48. The second kappa shape index (κ2) is 4.71. The van der Waals surface area contributed by atoms with E-state index < -0.39 is 45.4 Å². The van der Waals surface area contributed by atoms with Gasteiger partial charge in [-0.2, -0.15) is 4.21 Å². The summed E-state index contributed by atoms with van der Waals surface area (Å²) >= 11 is -0.515. The van der Waals surface area contributed by atoms with Crippen LogP contribution in [0.4, 0.5) is 22.0 Å². The fourth-order valence-corrected chi connectivity index (χ4v) is 1.48. The SMILES string of the molecule is O=S=NSc1c(F)c(F)c(F)c(F)c1F. The Morgan fingerprint density at radius 1 is 0.800 bits per heavy atom. The first kappa shape index (κ1) is 12.1. The minimum atomic E-state index is -2.25. The standard InChI is InChI=1S/C6F5NOS2/c7-1-2(8)4(10)6(14-12-15-13)5(11)3(1)9. The molecule has 0 aliphatic carbocycles. The Morgan fingerprint density at radius 3 is 1.60 bits per heavy atom. The van der Waals surface area contributed by atoms with Gasteiger partial charge >= 0.3 is 0 Å². The molecule has 82 valence electrons. The van der Waals surface area contributed by atoms with Crippen LogP contribution in [0.15, 0.2) is 8.66 Å². The van der Waals surface area contributed by atoms with Crippen molar-refractivity contribution in [1.29, 1.82) is 0 Å². The van der Waals surface area contributed by atoms with E-state index >= 15 is 0 Å². The smallest absolute Gasteiger partial charge is 0.202 e. The normalized spacial score (nSPS) is 10.2. The Morgan fingerprint density at radius 2 is 1.20 bits per heavy atom. The summed E-state index contributed by atoms with van der Waals surface area (Å²) in [5.74, 6) is -10.4. The van der Waals surface area contributed by atoms with Crippen LogP contribution in [-0.2, 0) is 11.5 Å². The molecule has 0 spiro atoms. The van der Waals surface area contributed by atoms with Crippen LogP contribution in [0.5, 0.6) is 0 Å². The second-order valence-electron chi connectivity index (χ2n) is 2.14. The van der Waals surface area contributed by atoms with Crippen molar-refractivity contribution in [3.8, 4) is 0 Å². The fourth-order valence-electron chi connectivity index (χ4n) is 0.717. The Bertz CT molecular complexity index is 430. The zero-order valence-electron chi connectivity index (χ0n) is 6.56. The largest absolute Gasteiger partial charge is 0.212 e. The molecule has 0 saturated heterocycles. The monoisotopic (exact) mass is 261 g/mol. The molecule has 0 N–H and O–H groups in total. The molecule has 0 aliphatic heterocycles. The number of benzene rings is 1. The lowest BCUT2D eigenvalue weighted by Gasteiger charge is -2.03. The van der Waals surface area contributed by atoms with Gasteiger partial charge in [0, 0.05) is 11.9 Å². The van der Waals surface area contributed by atoms with Crippen molar-refractivity contribution in [1.82, 2.24) is 0 Å². The Hall–Kier alpha value is -0.960. The van der Waals surface area contributed by atoms with Gasteiger partial charge in [0.05, 0.1) is 0 Å². The highest BCUT2D eigenvalue weighted by molar-refractivity contribution is 8.00. The molecule has 0 aromatic heterocycles. The van der Waals surface area contributed by atoms with Crippen molar-refractivity contribution >= 4 is 23.4 Å². The molecule has 0 saturated carbocycles. The molecular weight excluding hydrogens is 261 g/mol. The maximum absolute atomic E-state index is 12.8. The van der Waals surface area contributed by atoms with Gasteiger partial charge in [-0.15, -0.1) is 3.77 Å². The van der Waals surface area contributed by atoms with Crippen LogP contribution in [-0.4, -0.2) is 4.21 Å². The van der Waals surface area contributed by atoms with Crippen molar-refractivity contribution in [3.05, 3.63) is 29.1 Å². The maximum atomic E-state index is 12.8. The van der Waals surface area contributed by atoms with E-state index in [1.165, 1.54) is 0 Å². The van der Waals surface area contributed by atoms with Crippen molar-refractivity contribution in [2.45, 2.75) is 4.90 Å². The van der Waals surface area contributed by atoms with E-state index in [0.29, 0.717) is 0 Å². The molecule has 1 aromatic rings. The van der Waals surface area contributed by atoms with Crippen LogP contribution < -0.4 is 0 Å². The molecule has 0 bridgehead atoms. The number of hydrogen-bond donors (Lipinski definition) is 0. The summed E-state index contributed by atoms with van der Waals surface area (Å²) in [5.41, 5.74) is 0. The molecule has 0 aliphatic rings. The average molecular weight is 261 g/mol. The summed E-state index contributed by atoms with van der Waals surface area (Å²) in [5, 5.41) is 0. The number of rotatable bonds is 2. The van der Waals surface area contributed by atoms with Crippen LogP contribution in [0.3, 0.4) is 0 Å². The van der Waals surface area contributed by atoms with E-state index in [4.69, 9.17) is 0 Å². The summed E-state index contributed by atoms with van der Waals surface area (Å²) in [4.78, 5) is -1.20. The van der Waals surface area contributed by atoms with Gasteiger partial charge in [-0.3, -0.25) is 0 Å².